The summed E-state index contributed by atoms with van der Waals surface area (Å²) in [6.45, 7) is 6.55. The van der Waals surface area contributed by atoms with Crippen LogP contribution in [0.25, 0.3) is 5.65 Å². The molecule has 1 atom stereocenters. The third-order valence-electron chi connectivity index (χ3n) is 3.87. The van der Waals surface area contributed by atoms with Crippen molar-refractivity contribution in [2.45, 2.75) is 26.8 Å². The highest BCUT2D eigenvalue weighted by Crippen LogP contribution is 2.18. The highest BCUT2D eigenvalue weighted by atomic mass is 16.5. The van der Waals surface area contributed by atoms with Crippen LogP contribution >= 0.6 is 0 Å². The number of amides is 1. The molecular formula is C19H21N3O2. The first-order valence-corrected chi connectivity index (χ1v) is 8.06. The summed E-state index contributed by atoms with van der Waals surface area (Å²) in [7, 11) is 0. The maximum Gasteiger partial charge on any atom is 0.271 e. The van der Waals surface area contributed by atoms with E-state index in [0.29, 0.717) is 12.3 Å². The SMILES string of the molecule is CCOc1ccc([C@@H](C)NC(=O)c2cn3cc(C)ccc3n2)cc1. The van der Waals surface area contributed by atoms with Gasteiger partial charge in [0.05, 0.1) is 12.6 Å². The second-order valence-electron chi connectivity index (χ2n) is 5.80. The van der Waals surface area contributed by atoms with Crippen LogP contribution in [0.15, 0.2) is 48.8 Å². The first kappa shape index (κ1) is 16.1. The van der Waals surface area contributed by atoms with E-state index in [4.69, 9.17) is 4.74 Å². The summed E-state index contributed by atoms with van der Waals surface area (Å²) >= 11 is 0. The number of pyridine rings is 1. The van der Waals surface area contributed by atoms with E-state index >= 15 is 0 Å². The molecular weight excluding hydrogens is 302 g/mol. The van der Waals surface area contributed by atoms with E-state index in [0.717, 1.165) is 22.5 Å². The van der Waals surface area contributed by atoms with Crippen molar-refractivity contribution in [2.24, 2.45) is 0 Å². The minimum atomic E-state index is -0.183. The van der Waals surface area contributed by atoms with E-state index < -0.39 is 0 Å². The summed E-state index contributed by atoms with van der Waals surface area (Å²) in [5.41, 5.74) is 3.32. The summed E-state index contributed by atoms with van der Waals surface area (Å²) in [6, 6.07) is 11.5. The van der Waals surface area contributed by atoms with E-state index in [1.165, 1.54) is 0 Å². The molecule has 0 spiro atoms. The molecule has 0 saturated heterocycles. The molecule has 2 heterocycles. The van der Waals surface area contributed by atoms with Crippen molar-refractivity contribution in [1.29, 1.82) is 0 Å². The van der Waals surface area contributed by atoms with Gasteiger partial charge in [-0.25, -0.2) is 4.98 Å². The Balaban J connectivity index is 1.72. The molecule has 1 aromatic carbocycles. The van der Waals surface area contributed by atoms with Gasteiger partial charge in [-0.2, -0.15) is 0 Å². The molecule has 124 valence electrons. The summed E-state index contributed by atoms with van der Waals surface area (Å²) in [5.74, 6) is 0.647. The first-order valence-electron chi connectivity index (χ1n) is 8.06. The molecule has 0 fully saturated rings. The van der Waals surface area contributed by atoms with Gasteiger partial charge in [0.15, 0.2) is 0 Å². The standard InChI is InChI=1S/C19H21N3O2/c1-4-24-16-8-6-15(7-9-16)14(3)20-19(23)17-12-22-11-13(2)5-10-18(22)21-17/h5-12,14H,4H2,1-3H3,(H,20,23)/t14-/m1/s1. The Morgan fingerprint density at radius 1 is 1.21 bits per heavy atom. The quantitative estimate of drug-likeness (QED) is 0.781. The van der Waals surface area contributed by atoms with Gasteiger partial charge in [0.1, 0.15) is 17.1 Å². The number of benzene rings is 1. The zero-order valence-electron chi connectivity index (χ0n) is 14.1. The fourth-order valence-electron chi connectivity index (χ4n) is 2.59. The zero-order chi connectivity index (χ0) is 17.1. The molecule has 5 heteroatoms. The van der Waals surface area contributed by atoms with E-state index in [1.807, 2.05) is 67.8 Å². The number of ether oxygens (including phenoxy) is 1. The first-order chi connectivity index (χ1) is 11.6. The van der Waals surface area contributed by atoms with Crippen molar-refractivity contribution in [3.8, 4) is 5.75 Å². The third kappa shape index (κ3) is 3.40. The lowest BCUT2D eigenvalue weighted by Gasteiger charge is -2.14. The molecule has 0 aliphatic carbocycles. The topological polar surface area (TPSA) is 55.6 Å². The maximum absolute atomic E-state index is 12.4. The molecule has 1 N–H and O–H groups in total. The number of aryl methyl sites for hydroxylation is 1. The van der Waals surface area contributed by atoms with E-state index in [2.05, 4.69) is 10.3 Å². The maximum atomic E-state index is 12.4. The lowest BCUT2D eigenvalue weighted by atomic mass is 10.1. The van der Waals surface area contributed by atoms with Crippen LogP contribution in [-0.4, -0.2) is 21.9 Å². The molecule has 3 rings (SSSR count). The van der Waals surface area contributed by atoms with Crippen LogP contribution in [0.4, 0.5) is 0 Å². The predicted octanol–water partition coefficient (Wildman–Crippen LogP) is 3.53. The number of aromatic nitrogens is 2. The molecule has 0 aliphatic rings. The minimum Gasteiger partial charge on any atom is -0.494 e. The summed E-state index contributed by atoms with van der Waals surface area (Å²) in [4.78, 5) is 16.8. The van der Waals surface area contributed by atoms with Crippen molar-refractivity contribution in [3.63, 3.8) is 0 Å². The van der Waals surface area contributed by atoms with Crippen LogP contribution in [-0.2, 0) is 0 Å². The minimum absolute atomic E-state index is 0.111. The number of carbonyl (C=O) groups is 1. The van der Waals surface area contributed by atoms with E-state index in [9.17, 15) is 4.79 Å². The van der Waals surface area contributed by atoms with Crippen molar-refractivity contribution >= 4 is 11.6 Å². The number of nitrogens with one attached hydrogen (secondary N) is 1. The number of rotatable bonds is 5. The van der Waals surface area contributed by atoms with Crippen molar-refractivity contribution in [2.75, 3.05) is 6.61 Å². The van der Waals surface area contributed by atoms with Gasteiger partial charge in [-0.3, -0.25) is 4.79 Å². The lowest BCUT2D eigenvalue weighted by molar-refractivity contribution is 0.0935. The Labute approximate surface area is 141 Å². The van der Waals surface area contributed by atoms with Gasteiger partial charge in [-0.15, -0.1) is 0 Å². The molecule has 24 heavy (non-hydrogen) atoms. The summed E-state index contributed by atoms with van der Waals surface area (Å²) in [5, 5.41) is 2.98. The van der Waals surface area contributed by atoms with Gasteiger partial charge in [-0.05, 0) is 50.1 Å². The lowest BCUT2D eigenvalue weighted by Crippen LogP contribution is -2.26. The highest BCUT2D eigenvalue weighted by Gasteiger charge is 2.14. The second-order valence-corrected chi connectivity index (χ2v) is 5.80. The molecule has 0 radical (unpaired) electrons. The Hall–Kier alpha value is -2.82. The molecule has 3 aromatic rings. The molecule has 0 aliphatic heterocycles. The van der Waals surface area contributed by atoms with Gasteiger partial charge >= 0.3 is 0 Å². The summed E-state index contributed by atoms with van der Waals surface area (Å²) in [6.07, 6.45) is 3.71. The number of imidazole rings is 1. The fourth-order valence-corrected chi connectivity index (χ4v) is 2.59. The molecule has 0 unspecified atom stereocenters. The van der Waals surface area contributed by atoms with E-state index in [1.54, 1.807) is 6.20 Å². The number of hydrogen-bond acceptors (Lipinski definition) is 3. The smallest absolute Gasteiger partial charge is 0.271 e. The van der Waals surface area contributed by atoms with Crippen LogP contribution in [0.3, 0.4) is 0 Å². The Kier molecular flexibility index (Phi) is 4.51. The Morgan fingerprint density at radius 3 is 2.67 bits per heavy atom. The summed E-state index contributed by atoms with van der Waals surface area (Å²) < 4.78 is 7.30. The third-order valence-corrected chi connectivity index (χ3v) is 3.87. The normalized spacial score (nSPS) is 12.1. The largest absolute Gasteiger partial charge is 0.494 e. The van der Waals surface area contributed by atoms with Gasteiger partial charge in [0.2, 0.25) is 0 Å². The van der Waals surface area contributed by atoms with Crippen molar-refractivity contribution in [3.05, 3.63) is 65.6 Å². The number of fused-ring (bicyclic) bond motifs is 1. The average Bonchev–Trinajstić information content (AvgIpc) is 2.99. The van der Waals surface area contributed by atoms with Gasteiger partial charge < -0.3 is 14.5 Å². The highest BCUT2D eigenvalue weighted by molar-refractivity contribution is 5.93. The average molecular weight is 323 g/mol. The van der Waals surface area contributed by atoms with Crippen molar-refractivity contribution in [1.82, 2.24) is 14.7 Å². The predicted molar refractivity (Wildman–Crippen MR) is 93.4 cm³/mol. The monoisotopic (exact) mass is 323 g/mol. The van der Waals surface area contributed by atoms with Crippen molar-refractivity contribution < 1.29 is 9.53 Å². The molecule has 2 aromatic heterocycles. The Morgan fingerprint density at radius 2 is 1.96 bits per heavy atom. The van der Waals surface area contributed by atoms with Gasteiger partial charge in [0.25, 0.3) is 5.91 Å². The number of nitrogens with zero attached hydrogens (tertiary/aromatic N) is 2. The van der Waals surface area contributed by atoms with Crippen LogP contribution in [0, 0.1) is 6.92 Å². The fraction of sp³-hybridized carbons (Fsp3) is 0.263. The zero-order valence-corrected chi connectivity index (χ0v) is 14.1. The van der Waals surface area contributed by atoms with Crippen LogP contribution in [0.5, 0.6) is 5.75 Å². The second kappa shape index (κ2) is 6.74. The van der Waals surface area contributed by atoms with Gasteiger partial charge in [-0.1, -0.05) is 18.2 Å². The van der Waals surface area contributed by atoms with Crippen LogP contribution in [0.1, 0.15) is 41.5 Å². The van der Waals surface area contributed by atoms with Gasteiger partial charge in [0, 0.05) is 12.4 Å². The molecule has 0 bridgehead atoms. The Bertz CT molecular complexity index is 853. The molecule has 5 nitrogen and oxygen atoms in total. The van der Waals surface area contributed by atoms with Crippen LogP contribution in [0.2, 0.25) is 0 Å². The van der Waals surface area contributed by atoms with Crippen LogP contribution < -0.4 is 10.1 Å². The molecule has 1 amide bonds. The number of carbonyl (C=O) groups excluding carboxylic acids is 1. The molecule has 0 saturated carbocycles. The number of hydrogen-bond donors (Lipinski definition) is 1. The van der Waals surface area contributed by atoms with E-state index in [-0.39, 0.29) is 11.9 Å².